The third kappa shape index (κ3) is 4.52. The molecule has 1 heterocycles. The zero-order chi connectivity index (χ0) is 20.1. The molecular weight excluding hydrogens is 360 g/mol. The van der Waals surface area contributed by atoms with Crippen LogP contribution < -0.4 is 10.6 Å². The molecule has 1 aromatic rings. The van der Waals surface area contributed by atoms with E-state index in [4.69, 9.17) is 9.47 Å². The standard InChI is InChI=1S/C21H26N2O5/c1-3-16-19(20(25)27-4-2)17(23-21(26)22-16)12-28-18(24)11-13-8-9-14-6-5-7-15(14)10-13/h8-10,16H,3-7,11-12H2,1-2H3,(H2,22,23,26)/t16-/m0/s1. The third-order valence-corrected chi connectivity index (χ3v) is 5.04. The highest BCUT2D eigenvalue weighted by Gasteiger charge is 2.32. The summed E-state index contributed by atoms with van der Waals surface area (Å²) >= 11 is 0. The fourth-order valence-electron chi connectivity index (χ4n) is 3.68. The summed E-state index contributed by atoms with van der Waals surface area (Å²) in [4.78, 5) is 36.5. The van der Waals surface area contributed by atoms with Gasteiger partial charge in [0.1, 0.15) is 6.61 Å². The molecule has 28 heavy (non-hydrogen) atoms. The van der Waals surface area contributed by atoms with Crippen molar-refractivity contribution in [3.63, 3.8) is 0 Å². The fourth-order valence-corrected chi connectivity index (χ4v) is 3.68. The van der Waals surface area contributed by atoms with Crippen molar-refractivity contribution < 1.29 is 23.9 Å². The Bertz CT molecular complexity index is 815. The van der Waals surface area contributed by atoms with E-state index >= 15 is 0 Å². The van der Waals surface area contributed by atoms with Crippen molar-refractivity contribution >= 4 is 18.0 Å². The topological polar surface area (TPSA) is 93.7 Å². The van der Waals surface area contributed by atoms with Gasteiger partial charge in [0.2, 0.25) is 0 Å². The number of fused-ring (bicyclic) bond motifs is 1. The largest absolute Gasteiger partial charge is 0.463 e. The highest BCUT2D eigenvalue weighted by atomic mass is 16.5. The summed E-state index contributed by atoms with van der Waals surface area (Å²) in [5.74, 6) is -0.930. The normalized spacial score (nSPS) is 18.2. The smallest absolute Gasteiger partial charge is 0.338 e. The SMILES string of the molecule is CCOC(=O)C1=C(COC(=O)Cc2ccc3c(c2)CCC3)NC(=O)N[C@H]1CC. The average Bonchev–Trinajstić information content (AvgIpc) is 3.13. The van der Waals surface area contributed by atoms with Crippen LogP contribution in [0.2, 0.25) is 0 Å². The van der Waals surface area contributed by atoms with Gasteiger partial charge >= 0.3 is 18.0 Å². The van der Waals surface area contributed by atoms with Crippen molar-refractivity contribution in [1.82, 2.24) is 10.6 Å². The molecule has 7 heteroatoms. The van der Waals surface area contributed by atoms with Crippen LogP contribution in [-0.2, 0) is 38.3 Å². The van der Waals surface area contributed by atoms with Crippen LogP contribution in [0.3, 0.4) is 0 Å². The van der Waals surface area contributed by atoms with Crippen LogP contribution in [0.15, 0.2) is 29.5 Å². The average molecular weight is 386 g/mol. The van der Waals surface area contributed by atoms with Crippen LogP contribution in [0.4, 0.5) is 4.79 Å². The van der Waals surface area contributed by atoms with Gasteiger partial charge in [-0.1, -0.05) is 25.1 Å². The molecule has 0 aromatic heterocycles. The number of hydrogen-bond donors (Lipinski definition) is 2. The number of carbonyl (C=O) groups excluding carboxylic acids is 3. The molecule has 1 aromatic carbocycles. The Morgan fingerprint density at radius 1 is 1.14 bits per heavy atom. The predicted octanol–water partition coefficient (Wildman–Crippen LogP) is 2.17. The Morgan fingerprint density at radius 2 is 1.93 bits per heavy atom. The zero-order valence-electron chi connectivity index (χ0n) is 16.3. The van der Waals surface area contributed by atoms with E-state index in [9.17, 15) is 14.4 Å². The molecule has 0 unspecified atom stereocenters. The molecule has 2 amide bonds. The number of hydrogen-bond acceptors (Lipinski definition) is 5. The summed E-state index contributed by atoms with van der Waals surface area (Å²) < 4.78 is 10.5. The predicted molar refractivity (Wildman–Crippen MR) is 103 cm³/mol. The first-order chi connectivity index (χ1) is 13.5. The number of nitrogens with one attached hydrogen (secondary N) is 2. The lowest BCUT2D eigenvalue weighted by Gasteiger charge is -2.28. The number of amides is 2. The number of rotatable bonds is 7. The van der Waals surface area contributed by atoms with Gasteiger partial charge in [-0.3, -0.25) is 4.79 Å². The molecule has 2 aliphatic rings. The van der Waals surface area contributed by atoms with Crippen molar-refractivity contribution in [3.05, 3.63) is 46.2 Å². The van der Waals surface area contributed by atoms with Crippen molar-refractivity contribution in [2.45, 2.75) is 52.0 Å². The number of urea groups is 1. The van der Waals surface area contributed by atoms with Gasteiger partial charge < -0.3 is 20.1 Å². The van der Waals surface area contributed by atoms with Crippen LogP contribution in [0.1, 0.15) is 43.4 Å². The molecule has 2 N–H and O–H groups in total. The van der Waals surface area contributed by atoms with E-state index in [-0.39, 0.29) is 25.3 Å². The van der Waals surface area contributed by atoms with Crippen molar-refractivity contribution in [1.29, 1.82) is 0 Å². The fraction of sp³-hybridized carbons (Fsp3) is 0.476. The van der Waals surface area contributed by atoms with Gasteiger partial charge in [-0.2, -0.15) is 0 Å². The first kappa shape index (κ1) is 19.9. The number of esters is 2. The second-order valence-electron chi connectivity index (χ2n) is 6.97. The number of aryl methyl sites for hydroxylation is 2. The van der Waals surface area contributed by atoms with Crippen LogP contribution in [-0.4, -0.2) is 37.2 Å². The highest BCUT2D eigenvalue weighted by Crippen LogP contribution is 2.23. The Labute approximate surface area is 164 Å². The maximum absolute atomic E-state index is 12.3. The Kier molecular flexibility index (Phi) is 6.34. The summed E-state index contributed by atoms with van der Waals surface area (Å²) in [6.07, 6.45) is 3.97. The Morgan fingerprint density at radius 3 is 2.68 bits per heavy atom. The summed E-state index contributed by atoms with van der Waals surface area (Å²) in [6.45, 7) is 3.61. The van der Waals surface area contributed by atoms with Gasteiger partial charge in [0, 0.05) is 0 Å². The van der Waals surface area contributed by atoms with E-state index in [1.165, 1.54) is 11.1 Å². The molecule has 150 valence electrons. The molecule has 0 saturated heterocycles. The number of benzene rings is 1. The Hall–Kier alpha value is -2.83. The van der Waals surface area contributed by atoms with E-state index in [2.05, 4.69) is 22.8 Å². The molecule has 3 rings (SSSR count). The van der Waals surface area contributed by atoms with Crippen molar-refractivity contribution in [2.75, 3.05) is 13.2 Å². The highest BCUT2D eigenvalue weighted by molar-refractivity contribution is 5.94. The molecule has 0 saturated carbocycles. The van der Waals surface area contributed by atoms with Crippen LogP contribution in [0.5, 0.6) is 0 Å². The second kappa shape index (κ2) is 8.91. The van der Waals surface area contributed by atoms with Gasteiger partial charge in [-0.15, -0.1) is 0 Å². The molecule has 1 atom stereocenters. The summed E-state index contributed by atoms with van der Waals surface area (Å²) in [5, 5.41) is 5.26. The molecule has 0 fully saturated rings. The van der Waals surface area contributed by atoms with Gasteiger partial charge in [-0.05, 0) is 49.3 Å². The monoisotopic (exact) mass is 386 g/mol. The lowest BCUT2D eigenvalue weighted by atomic mass is 10.0. The third-order valence-electron chi connectivity index (χ3n) is 5.04. The summed E-state index contributed by atoms with van der Waals surface area (Å²) in [6, 6.07) is 5.19. The van der Waals surface area contributed by atoms with E-state index in [1.54, 1.807) is 6.92 Å². The minimum absolute atomic E-state index is 0.151. The molecule has 0 spiro atoms. The molecular formula is C21H26N2O5. The second-order valence-corrected chi connectivity index (χ2v) is 6.97. The van der Waals surface area contributed by atoms with E-state index in [0.717, 1.165) is 24.8 Å². The minimum atomic E-state index is -0.522. The lowest BCUT2D eigenvalue weighted by molar-refractivity contribution is -0.143. The molecule has 1 aliphatic carbocycles. The Balaban J connectivity index is 1.68. The van der Waals surface area contributed by atoms with Gasteiger partial charge in [-0.25, -0.2) is 9.59 Å². The van der Waals surface area contributed by atoms with Crippen molar-refractivity contribution in [2.24, 2.45) is 0 Å². The molecule has 0 radical (unpaired) electrons. The molecule has 0 bridgehead atoms. The summed E-state index contributed by atoms with van der Waals surface area (Å²) in [7, 11) is 0. The van der Waals surface area contributed by atoms with E-state index in [1.807, 2.05) is 13.0 Å². The molecule has 7 nitrogen and oxygen atoms in total. The van der Waals surface area contributed by atoms with Crippen LogP contribution in [0, 0.1) is 0 Å². The first-order valence-electron chi connectivity index (χ1n) is 9.75. The van der Waals surface area contributed by atoms with Gasteiger partial charge in [0.25, 0.3) is 0 Å². The van der Waals surface area contributed by atoms with Gasteiger partial charge in [0.15, 0.2) is 0 Å². The van der Waals surface area contributed by atoms with Gasteiger partial charge in [0.05, 0.1) is 30.3 Å². The quantitative estimate of drug-likeness (QED) is 0.701. The summed E-state index contributed by atoms with van der Waals surface area (Å²) in [5.41, 5.74) is 4.13. The zero-order valence-corrected chi connectivity index (χ0v) is 16.3. The number of ether oxygens (including phenoxy) is 2. The lowest BCUT2D eigenvalue weighted by Crippen LogP contribution is -2.51. The first-order valence-corrected chi connectivity index (χ1v) is 9.75. The van der Waals surface area contributed by atoms with Crippen LogP contribution in [0.25, 0.3) is 0 Å². The van der Waals surface area contributed by atoms with E-state index in [0.29, 0.717) is 12.0 Å². The molecule has 1 aliphatic heterocycles. The maximum Gasteiger partial charge on any atom is 0.338 e. The minimum Gasteiger partial charge on any atom is -0.463 e. The maximum atomic E-state index is 12.3. The van der Waals surface area contributed by atoms with Crippen LogP contribution >= 0.6 is 0 Å². The number of carbonyl (C=O) groups is 3. The van der Waals surface area contributed by atoms with Crippen molar-refractivity contribution in [3.8, 4) is 0 Å². The van der Waals surface area contributed by atoms with E-state index < -0.39 is 24.0 Å².